The van der Waals surface area contributed by atoms with Gasteiger partial charge in [-0.3, -0.25) is 0 Å². The molecule has 0 radical (unpaired) electrons. The van der Waals surface area contributed by atoms with Crippen LogP contribution in [0.2, 0.25) is 0 Å². The fraction of sp³-hybridized carbons (Fsp3) is 0.0455. The standard InChI is InChI=1S/C44H31N3/c1-2-12-32(13-3-1)46-41-20-10-6-16-37(41)44-43(46)38-17-7-11-21-42(38)47(44)34-28-24-31(25-29-34)30-22-26-33(27-23-30)45-39-18-8-4-14-35(39)36-15-5-9-19-40(36)45/h1-29,35,39H. The van der Waals surface area contributed by atoms with Crippen molar-refractivity contribution in [1.82, 2.24) is 9.13 Å². The second-order valence-corrected chi connectivity index (χ2v) is 12.5. The van der Waals surface area contributed by atoms with Crippen LogP contribution in [0.3, 0.4) is 0 Å². The SMILES string of the molecule is C1=CC2c3ccccc3N(c3ccc(-c4ccc(-n5c6ccccc6c6c5c5ccccc5n6-c5ccccc5)cc4)cc3)C2C=C1. The third-order valence-electron chi connectivity index (χ3n) is 10.0. The molecule has 0 amide bonds. The average Bonchev–Trinajstić information content (AvgIpc) is 3.78. The maximum atomic E-state index is 2.49. The smallest absolute Gasteiger partial charge is 0.0803 e. The quantitative estimate of drug-likeness (QED) is 0.196. The van der Waals surface area contributed by atoms with E-state index in [1.165, 1.54) is 66.6 Å². The Morgan fingerprint density at radius 2 is 0.915 bits per heavy atom. The Hall–Kier alpha value is -6.06. The number of nitrogens with zero attached hydrogens (tertiary/aromatic N) is 3. The van der Waals surface area contributed by atoms with Crippen molar-refractivity contribution in [3.8, 4) is 22.5 Å². The molecule has 3 heterocycles. The van der Waals surface area contributed by atoms with Crippen LogP contribution in [0.4, 0.5) is 11.4 Å². The van der Waals surface area contributed by atoms with Gasteiger partial charge in [0.1, 0.15) is 0 Å². The minimum Gasteiger partial charge on any atom is -0.333 e. The van der Waals surface area contributed by atoms with Crippen molar-refractivity contribution in [2.24, 2.45) is 0 Å². The van der Waals surface area contributed by atoms with Crippen molar-refractivity contribution in [2.75, 3.05) is 4.90 Å². The Morgan fingerprint density at radius 1 is 0.404 bits per heavy atom. The second-order valence-electron chi connectivity index (χ2n) is 12.5. The van der Waals surface area contributed by atoms with Gasteiger partial charge in [-0.2, -0.15) is 0 Å². The summed E-state index contributed by atoms with van der Waals surface area (Å²) >= 11 is 0. The minimum atomic E-state index is 0.309. The van der Waals surface area contributed by atoms with Crippen LogP contribution in [0.25, 0.3) is 55.3 Å². The van der Waals surface area contributed by atoms with Gasteiger partial charge in [0, 0.05) is 39.4 Å². The lowest BCUT2D eigenvalue weighted by Crippen LogP contribution is -2.28. The summed E-state index contributed by atoms with van der Waals surface area (Å²) in [6, 6.07) is 55.5. The lowest BCUT2D eigenvalue weighted by molar-refractivity contribution is 0.745. The first-order valence-electron chi connectivity index (χ1n) is 16.4. The third-order valence-corrected chi connectivity index (χ3v) is 10.0. The van der Waals surface area contributed by atoms with Gasteiger partial charge in [-0.05, 0) is 71.3 Å². The fourth-order valence-corrected chi connectivity index (χ4v) is 8.01. The molecule has 2 atom stereocenters. The summed E-state index contributed by atoms with van der Waals surface area (Å²) in [4.78, 5) is 2.49. The Bertz CT molecular complexity index is 2500. The van der Waals surface area contributed by atoms with Gasteiger partial charge >= 0.3 is 0 Å². The Kier molecular flexibility index (Phi) is 5.70. The van der Waals surface area contributed by atoms with Gasteiger partial charge < -0.3 is 14.0 Å². The molecule has 2 aromatic heterocycles. The third kappa shape index (κ3) is 3.87. The number of para-hydroxylation sites is 4. The molecule has 222 valence electrons. The number of anilines is 2. The lowest BCUT2D eigenvalue weighted by atomic mass is 9.91. The summed E-state index contributed by atoms with van der Waals surface area (Å²) < 4.78 is 4.85. The zero-order valence-corrected chi connectivity index (χ0v) is 25.7. The van der Waals surface area contributed by atoms with Crippen LogP contribution >= 0.6 is 0 Å². The van der Waals surface area contributed by atoms with E-state index in [2.05, 4.69) is 190 Å². The Labute approximate surface area is 273 Å². The molecule has 0 spiro atoms. The normalized spacial score (nSPS) is 16.7. The molecule has 3 heteroatoms. The van der Waals surface area contributed by atoms with Gasteiger partial charge in [-0.1, -0.05) is 121 Å². The predicted molar refractivity (Wildman–Crippen MR) is 196 cm³/mol. The van der Waals surface area contributed by atoms with E-state index < -0.39 is 0 Å². The van der Waals surface area contributed by atoms with Gasteiger partial charge in [0.2, 0.25) is 0 Å². The van der Waals surface area contributed by atoms with Crippen LogP contribution in [0.1, 0.15) is 11.5 Å². The highest BCUT2D eigenvalue weighted by Gasteiger charge is 2.36. The summed E-state index contributed by atoms with van der Waals surface area (Å²) in [5.41, 5.74) is 13.6. The van der Waals surface area contributed by atoms with Crippen LogP contribution in [0.15, 0.2) is 176 Å². The van der Waals surface area contributed by atoms with Gasteiger partial charge in [0.15, 0.2) is 0 Å². The first-order valence-corrected chi connectivity index (χ1v) is 16.4. The van der Waals surface area contributed by atoms with Crippen molar-refractivity contribution in [3.63, 3.8) is 0 Å². The zero-order valence-electron chi connectivity index (χ0n) is 25.7. The molecule has 1 aliphatic heterocycles. The van der Waals surface area contributed by atoms with E-state index in [1.807, 2.05) is 0 Å². The second kappa shape index (κ2) is 10.2. The molecule has 1 aliphatic carbocycles. The number of allylic oxidation sites excluding steroid dienone is 2. The highest BCUT2D eigenvalue weighted by molar-refractivity contribution is 6.19. The minimum absolute atomic E-state index is 0.309. The van der Waals surface area contributed by atoms with E-state index in [-0.39, 0.29) is 0 Å². The molecule has 3 nitrogen and oxygen atoms in total. The highest BCUT2D eigenvalue weighted by Crippen LogP contribution is 2.47. The number of rotatable bonds is 4. The van der Waals surface area contributed by atoms with E-state index in [9.17, 15) is 0 Å². The molecule has 10 rings (SSSR count). The fourth-order valence-electron chi connectivity index (χ4n) is 8.01. The van der Waals surface area contributed by atoms with Gasteiger partial charge in [0.25, 0.3) is 0 Å². The van der Waals surface area contributed by atoms with E-state index in [0.717, 1.165) is 5.69 Å². The van der Waals surface area contributed by atoms with Crippen molar-refractivity contribution in [1.29, 1.82) is 0 Å². The summed E-state index contributed by atoms with van der Waals surface area (Å²) in [5, 5.41) is 2.49. The summed E-state index contributed by atoms with van der Waals surface area (Å²) in [5.74, 6) is 0.390. The molecule has 2 aliphatic rings. The predicted octanol–water partition coefficient (Wildman–Crippen LogP) is 11.1. The Balaban J connectivity index is 1.06. The molecule has 2 unspecified atom stereocenters. The van der Waals surface area contributed by atoms with Crippen LogP contribution in [0.5, 0.6) is 0 Å². The number of hydrogen-bond donors (Lipinski definition) is 0. The number of fused-ring (bicyclic) bond motifs is 8. The van der Waals surface area contributed by atoms with E-state index >= 15 is 0 Å². The van der Waals surface area contributed by atoms with Crippen LogP contribution in [-0.4, -0.2) is 15.2 Å². The zero-order chi connectivity index (χ0) is 30.9. The maximum absolute atomic E-state index is 2.49. The summed E-state index contributed by atoms with van der Waals surface area (Å²) in [6.45, 7) is 0. The topological polar surface area (TPSA) is 13.1 Å². The molecular formula is C44H31N3. The van der Waals surface area contributed by atoms with Crippen molar-refractivity contribution < 1.29 is 0 Å². The van der Waals surface area contributed by atoms with Crippen molar-refractivity contribution in [2.45, 2.75) is 12.0 Å². The molecular weight excluding hydrogens is 571 g/mol. The number of hydrogen-bond acceptors (Lipinski definition) is 1. The molecule has 0 saturated carbocycles. The molecule has 8 aromatic rings. The summed E-state index contributed by atoms with van der Waals surface area (Å²) in [7, 11) is 0. The lowest BCUT2D eigenvalue weighted by Gasteiger charge is -2.28. The molecule has 47 heavy (non-hydrogen) atoms. The van der Waals surface area contributed by atoms with Crippen molar-refractivity contribution >= 4 is 44.2 Å². The Morgan fingerprint density at radius 3 is 1.57 bits per heavy atom. The monoisotopic (exact) mass is 601 g/mol. The number of aromatic nitrogens is 2. The van der Waals surface area contributed by atoms with Gasteiger partial charge in [0.05, 0.1) is 28.1 Å². The molecule has 0 saturated heterocycles. The summed E-state index contributed by atoms with van der Waals surface area (Å²) in [6.07, 6.45) is 9.02. The molecule has 0 bridgehead atoms. The largest absolute Gasteiger partial charge is 0.333 e. The van der Waals surface area contributed by atoms with Crippen LogP contribution < -0.4 is 4.90 Å². The van der Waals surface area contributed by atoms with E-state index in [0.29, 0.717) is 12.0 Å². The maximum Gasteiger partial charge on any atom is 0.0803 e. The number of benzene rings is 6. The molecule has 0 N–H and O–H groups in total. The van der Waals surface area contributed by atoms with Gasteiger partial charge in [-0.25, -0.2) is 0 Å². The first-order chi connectivity index (χ1) is 23.3. The van der Waals surface area contributed by atoms with Crippen LogP contribution in [0, 0.1) is 0 Å². The molecule has 6 aromatic carbocycles. The van der Waals surface area contributed by atoms with Crippen LogP contribution in [-0.2, 0) is 0 Å². The molecule has 0 fully saturated rings. The highest BCUT2D eigenvalue weighted by atomic mass is 15.2. The average molecular weight is 602 g/mol. The first kappa shape index (κ1) is 26.2. The van der Waals surface area contributed by atoms with Gasteiger partial charge in [-0.15, -0.1) is 0 Å². The van der Waals surface area contributed by atoms with E-state index in [4.69, 9.17) is 0 Å². The van der Waals surface area contributed by atoms with E-state index in [1.54, 1.807) is 0 Å². The van der Waals surface area contributed by atoms with Crippen molar-refractivity contribution in [3.05, 3.63) is 182 Å².